The number of carbonyl (C=O) groups is 1. The van der Waals surface area contributed by atoms with E-state index in [1.807, 2.05) is 6.92 Å². The second kappa shape index (κ2) is 8.51. The molecule has 28 heavy (non-hydrogen) atoms. The Morgan fingerprint density at radius 1 is 1.21 bits per heavy atom. The number of aryl methyl sites for hydroxylation is 2. The summed E-state index contributed by atoms with van der Waals surface area (Å²) in [5.74, 6) is 0.341. The third-order valence-corrected chi connectivity index (χ3v) is 6.47. The topological polar surface area (TPSA) is 84.5 Å². The van der Waals surface area contributed by atoms with Crippen LogP contribution in [0.3, 0.4) is 0 Å². The molecule has 0 atom stereocenters. The zero-order chi connectivity index (χ0) is 20.3. The predicted octanol–water partition coefficient (Wildman–Crippen LogP) is 3.67. The maximum atomic E-state index is 12.3. The number of hydrogen-bond acceptors (Lipinski definition) is 4. The summed E-state index contributed by atoms with van der Waals surface area (Å²) in [6, 6.07) is 10.1. The number of rotatable bonds is 8. The third-order valence-electron chi connectivity index (χ3n) is 4.53. The van der Waals surface area contributed by atoms with Crippen LogP contribution in [0.25, 0.3) is 0 Å². The molecule has 0 bridgehead atoms. The highest BCUT2D eigenvalue weighted by Gasteiger charge is 2.27. The minimum absolute atomic E-state index is 0.0712. The zero-order valence-corrected chi connectivity index (χ0v) is 17.4. The van der Waals surface area contributed by atoms with Crippen LogP contribution < -0.4 is 14.8 Å². The molecule has 0 aromatic heterocycles. The molecule has 2 aromatic rings. The number of anilines is 1. The lowest BCUT2D eigenvalue weighted by Crippen LogP contribution is -2.25. The highest BCUT2D eigenvalue weighted by atomic mass is 35.5. The summed E-state index contributed by atoms with van der Waals surface area (Å²) in [7, 11) is -1.94. The van der Waals surface area contributed by atoms with Crippen molar-refractivity contribution in [1.29, 1.82) is 0 Å². The van der Waals surface area contributed by atoms with Gasteiger partial charge in [0.05, 0.1) is 17.7 Å². The molecule has 0 spiro atoms. The van der Waals surface area contributed by atoms with Gasteiger partial charge in [-0.2, -0.15) is 0 Å². The van der Waals surface area contributed by atoms with E-state index in [0.717, 1.165) is 24.0 Å². The van der Waals surface area contributed by atoms with E-state index >= 15 is 0 Å². The van der Waals surface area contributed by atoms with E-state index in [9.17, 15) is 13.2 Å². The van der Waals surface area contributed by atoms with Crippen molar-refractivity contribution < 1.29 is 17.9 Å². The second-order valence-corrected chi connectivity index (χ2v) is 9.01. The largest absolute Gasteiger partial charge is 0.495 e. The van der Waals surface area contributed by atoms with Crippen molar-refractivity contribution in [3.8, 4) is 5.75 Å². The molecule has 0 heterocycles. The summed E-state index contributed by atoms with van der Waals surface area (Å²) < 4.78 is 32.3. The lowest BCUT2D eigenvalue weighted by molar-refractivity contribution is -0.116. The molecular formula is C20H23ClN2O4S. The summed E-state index contributed by atoms with van der Waals surface area (Å²) in [6.07, 6.45) is 2.54. The lowest BCUT2D eigenvalue weighted by Gasteiger charge is -2.12. The fourth-order valence-electron chi connectivity index (χ4n) is 2.72. The van der Waals surface area contributed by atoms with Gasteiger partial charge in [0, 0.05) is 23.6 Å². The molecule has 2 aromatic carbocycles. The normalized spacial score (nSPS) is 14.0. The fourth-order valence-corrected chi connectivity index (χ4v) is 4.18. The van der Waals surface area contributed by atoms with Crippen LogP contribution in [-0.4, -0.2) is 27.5 Å². The van der Waals surface area contributed by atoms with Crippen molar-refractivity contribution in [1.82, 2.24) is 4.72 Å². The first-order valence-corrected chi connectivity index (χ1v) is 10.9. The molecular weight excluding hydrogens is 400 g/mol. The quantitative estimate of drug-likeness (QED) is 0.679. The number of ether oxygens (including phenoxy) is 1. The van der Waals surface area contributed by atoms with Crippen LogP contribution in [0.2, 0.25) is 5.02 Å². The summed E-state index contributed by atoms with van der Waals surface area (Å²) in [5.41, 5.74) is 2.30. The van der Waals surface area contributed by atoms with Gasteiger partial charge < -0.3 is 10.1 Å². The number of amides is 1. The second-order valence-electron chi connectivity index (χ2n) is 6.89. The SMILES string of the molecule is COc1cc(Cl)c(C)cc1NC(=O)CCc1ccc(S(=O)(=O)NC2CC2)cc1. The number of carbonyl (C=O) groups excluding carboxylic acids is 1. The Hall–Kier alpha value is -2.09. The highest BCUT2D eigenvalue weighted by Crippen LogP contribution is 2.31. The molecule has 2 N–H and O–H groups in total. The minimum Gasteiger partial charge on any atom is -0.495 e. The number of hydrogen-bond donors (Lipinski definition) is 2. The van der Waals surface area contributed by atoms with E-state index in [-0.39, 0.29) is 23.3 Å². The van der Waals surface area contributed by atoms with Crippen molar-refractivity contribution in [2.45, 2.75) is 43.5 Å². The first-order valence-electron chi connectivity index (χ1n) is 9.04. The number of nitrogens with one attached hydrogen (secondary N) is 2. The summed E-state index contributed by atoms with van der Waals surface area (Å²) in [5, 5.41) is 3.41. The molecule has 1 fully saturated rings. The molecule has 0 radical (unpaired) electrons. The summed E-state index contributed by atoms with van der Waals surface area (Å²) in [4.78, 5) is 12.5. The predicted molar refractivity (Wildman–Crippen MR) is 109 cm³/mol. The Morgan fingerprint density at radius 3 is 2.50 bits per heavy atom. The Balaban J connectivity index is 1.58. The van der Waals surface area contributed by atoms with Crippen LogP contribution in [0.4, 0.5) is 5.69 Å². The first-order chi connectivity index (χ1) is 13.3. The van der Waals surface area contributed by atoms with E-state index in [4.69, 9.17) is 16.3 Å². The van der Waals surface area contributed by atoms with E-state index in [2.05, 4.69) is 10.0 Å². The third kappa shape index (κ3) is 5.25. The van der Waals surface area contributed by atoms with Crippen molar-refractivity contribution in [2.24, 2.45) is 0 Å². The van der Waals surface area contributed by atoms with Gasteiger partial charge in [0.25, 0.3) is 0 Å². The summed E-state index contributed by atoms with van der Waals surface area (Å²) >= 11 is 6.08. The summed E-state index contributed by atoms with van der Waals surface area (Å²) in [6.45, 7) is 1.85. The lowest BCUT2D eigenvalue weighted by atomic mass is 10.1. The molecule has 3 rings (SSSR count). The van der Waals surface area contributed by atoms with Gasteiger partial charge >= 0.3 is 0 Å². The molecule has 0 saturated heterocycles. The van der Waals surface area contributed by atoms with E-state index < -0.39 is 10.0 Å². The fraction of sp³-hybridized carbons (Fsp3) is 0.350. The number of sulfonamides is 1. The number of methoxy groups -OCH3 is 1. The molecule has 1 aliphatic rings. The Labute approximate surface area is 170 Å². The molecule has 150 valence electrons. The number of benzene rings is 2. The van der Waals surface area contributed by atoms with Gasteiger partial charge in [-0.05, 0) is 55.5 Å². The van der Waals surface area contributed by atoms with Crippen LogP contribution in [0, 0.1) is 6.92 Å². The average molecular weight is 423 g/mol. The Bertz CT molecular complexity index is 970. The van der Waals surface area contributed by atoms with Crippen molar-refractivity contribution >= 4 is 33.2 Å². The van der Waals surface area contributed by atoms with Crippen molar-refractivity contribution in [3.63, 3.8) is 0 Å². The van der Waals surface area contributed by atoms with Gasteiger partial charge in [0.2, 0.25) is 15.9 Å². The van der Waals surface area contributed by atoms with Crippen LogP contribution in [0.1, 0.15) is 30.4 Å². The van der Waals surface area contributed by atoms with Gasteiger partial charge in [-0.15, -0.1) is 0 Å². The zero-order valence-electron chi connectivity index (χ0n) is 15.8. The molecule has 0 aliphatic heterocycles. The van der Waals surface area contributed by atoms with Gasteiger partial charge in [-0.25, -0.2) is 13.1 Å². The minimum atomic E-state index is -3.46. The van der Waals surface area contributed by atoms with Gasteiger partial charge in [-0.3, -0.25) is 4.79 Å². The van der Waals surface area contributed by atoms with Gasteiger partial charge in [0.15, 0.2) is 0 Å². The van der Waals surface area contributed by atoms with Crippen LogP contribution in [0.15, 0.2) is 41.3 Å². The molecule has 1 amide bonds. The maximum Gasteiger partial charge on any atom is 0.240 e. The molecule has 1 saturated carbocycles. The maximum absolute atomic E-state index is 12.3. The first kappa shape index (κ1) is 20.6. The number of halogens is 1. The standard InChI is InChI=1S/C20H23ClN2O4S/c1-13-11-18(19(27-2)12-17(13)21)22-20(24)10-5-14-3-8-16(9-4-14)28(25,26)23-15-6-7-15/h3-4,8-9,11-12,15,23H,5-7,10H2,1-2H3,(H,22,24). The van der Waals surface area contributed by atoms with E-state index in [1.165, 1.54) is 7.11 Å². The Morgan fingerprint density at radius 2 is 1.89 bits per heavy atom. The average Bonchev–Trinajstić information content (AvgIpc) is 3.46. The molecule has 6 nitrogen and oxygen atoms in total. The monoisotopic (exact) mass is 422 g/mol. The van der Waals surface area contributed by atoms with E-state index in [1.54, 1.807) is 36.4 Å². The highest BCUT2D eigenvalue weighted by molar-refractivity contribution is 7.89. The smallest absolute Gasteiger partial charge is 0.240 e. The molecule has 1 aliphatic carbocycles. The van der Waals surface area contributed by atoms with E-state index in [0.29, 0.717) is 22.9 Å². The van der Waals surface area contributed by atoms with Crippen LogP contribution in [-0.2, 0) is 21.2 Å². The molecule has 0 unspecified atom stereocenters. The molecule has 8 heteroatoms. The van der Waals surface area contributed by atoms with Gasteiger partial charge in [-0.1, -0.05) is 23.7 Å². The van der Waals surface area contributed by atoms with Gasteiger partial charge in [0.1, 0.15) is 5.75 Å². The Kier molecular flexibility index (Phi) is 6.27. The van der Waals surface area contributed by atoms with Crippen LogP contribution in [0.5, 0.6) is 5.75 Å². The van der Waals surface area contributed by atoms with Crippen molar-refractivity contribution in [2.75, 3.05) is 12.4 Å². The van der Waals surface area contributed by atoms with Crippen LogP contribution >= 0.6 is 11.6 Å². The van der Waals surface area contributed by atoms with Crippen molar-refractivity contribution in [3.05, 3.63) is 52.5 Å².